The summed E-state index contributed by atoms with van der Waals surface area (Å²) in [5.74, 6) is 0.639. The molecule has 2 aromatic heterocycles. The Hall–Kier alpha value is -1.99. The number of nitrogens with zero attached hydrogens (tertiary/aromatic N) is 4. The van der Waals surface area contributed by atoms with Crippen molar-refractivity contribution >= 4 is 17.5 Å². The molecule has 7 heteroatoms. The van der Waals surface area contributed by atoms with Gasteiger partial charge in [0.25, 0.3) is 5.78 Å². The van der Waals surface area contributed by atoms with Crippen LogP contribution < -0.4 is 0 Å². The third-order valence-electron chi connectivity index (χ3n) is 3.29. The second-order valence-electron chi connectivity index (χ2n) is 5.04. The van der Waals surface area contributed by atoms with Gasteiger partial charge in [-0.3, -0.25) is 4.40 Å². The van der Waals surface area contributed by atoms with Crippen molar-refractivity contribution in [3.63, 3.8) is 0 Å². The van der Waals surface area contributed by atoms with Crippen molar-refractivity contribution in [2.24, 2.45) is 0 Å². The Morgan fingerprint density at radius 1 is 1.23 bits per heavy atom. The van der Waals surface area contributed by atoms with Gasteiger partial charge < -0.3 is 5.11 Å². The summed E-state index contributed by atoms with van der Waals surface area (Å²) in [6.45, 7) is 3.87. The van der Waals surface area contributed by atoms with Crippen molar-refractivity contribution in [1.29, 1.82) is 0 Å². The number of aliphatic hydroxyl groups excluding tert-OH is 1. The molecule has 0 amide bonds. The predicted molar refractivity (Wildman–Crippen MR) is 82.3 cm³/mol. The number of halogens is 1. The smallest absolute Gasteiger partial charge is 0.256 e. The Bertz CT molecular complexity index is 803. The lowest BCUT2D eigenvalue weighted by molar-refractivity contribution is 0.204. The first-order valence-electron chi connectivity index (χ1n) is 6.80. The first-order valence-corrected chi connectivity index (χ1v) is 7.79. The van der Waals surface area contributed by atoms with Gasteiger partial charge in [0, 0.05) is 17.1 Å². The maximum Gasteiger partial charge on any atom is 0.256 e. The third-order valence-corrected chi connectivity index (χ3v) is 4.29. The molecule has 3 aromatic rings. The number of thioether (sulfide) groups is 1. The number of aliphatic hydroxyl groups is 1. The van der Waals surface area contributed by atoms with E-state index in [-0.39, 0.29) is 5.82 Å². The van der Waals surface area contributed by atoms with E-state index < -0.39 is 6.10 Å². The second kappa shape index (κ2) is 6.02. The van der Waals surface area contributed by atoms with Gasteiger partial charge in [-0.25, -0.2) is 9.37 Å². The molecule has 0 aliphatic heterocycles. The van der Waals surface area contributed by atoms with Gasteiger partial charge in [-0.2, -0.15) is 0 Å². The lowest BCUT2D eigenvalue weighted by Crippen LogP contribution is -2.02. The zero-order valence-corrected chi connectivity index (χ0v) is 13.0. The second-order valence-corrected chi connectivity index (χ2v) is 6.02. The molecule has 0 radical (unpaired) electrons. The third kappa shape index (κ3) is 2.95. The Kier molecular flexibility index (Phi) is 4.08. The van der Waals surface area contributed by atoms with Gasteiger partial charge in [0.1, 0.15) is 5.82 Å². The van der Waals surface area contributed by atoms with Gasteiger partial charge in [0.2, 0.25) is 0 Å². The van der Waals surface area contributed by atoms with Crippen LogP contribution in [0.4, 0.5) is 4.39 Å². The van der Waals surface area contributed by atoms with E-state index in [1.54, 1.807) is 12.1 Å². The van der Waals surface area contributed by atoms with Crippen molar-refractivity contribution in [3.05, 3.63) is 53.1 Å². The van der Waals surface area contributed by atoms with Gasteiger partial charge in [0.15, 0.2) is 5.16 Å². The molecule has 1 aromatic carbocycles. The van der Waals surface area contributed by atoms with Crippen LogP contribution in [0, 0.1) is 19.7 Å². The van der Waals surface area contributed by atoms with E-state index in [0.717, 1.165) is 11.4 Å². The Balaban J connectivity index is 1.78. The number of rotatable bonds is 4. The van der Waals surface area contributed by atoms with E-state index >= 15 is 0 Å². The maximum absolute atomic E-state index is 12.9. The Morgan fingerprint density at radius 2 is 1.95 bits per heavy atom. The van der Waals surface area contributed by atoms with Gasteiger partial charge in [-0.05, 0) is 37.6 Å². The zero-order valence-electron chi connectivity index (χ0n) is 12.2. The lowest BCUT2D eigenvalue weighted by atomic mass is 10.1. The molecular formula is C15H15FN4OS. The Morgan fingerprint density at radius 3 is 2.68 bits per heavy atom. The average molecular weight is 318 g/mol. The van der Waals surface area contributed by atoms with E-state index in [4.69, 9.17) is 0 Å². The molecular weight excluding hydrogens is 303 g/mol. The van der Waals surface area contributed by atoms with Crippen molar-refractivity contribution in [1.82, 2.24) is 19.6 Å². The number of hydrogen-bond acceptors (Lipinski definition) is 5. The number of aryl methyl sites for hydroxylation is 2. The van der Waals surface area contributed by atoms with Crippen LogP contribution in [0.3, 0.4) is 0 Å². The molecule has 3 rings (SSSR count). The van der Waals surface area contributed by atoms with E-state index in [2.05, 4.69) is 15.2 Å². The summed E-state index contributed by atoms with van der Waals surface area (Å²) in [4.78, 5) is 4.32. The molecule has 1 atom stereocenters. The van der Waals surface area contributed by atoms with Crippen LogP contribution in [-0.2, 0) is 0 Å². The van der Waals surface area contributed by atoms with Crippen LogP contribution in [0.15, 0.2) is 35.5 Å². The highest BCUT2D eigenvalue weighted by Crippen LogP contribution is 2.24. The summed E-state index contributed by atoms with van der Waals surface area (Å²) in [6.07, 6.45) is -0.698. The normalized spacial score (nSPS) is 12.7. The van der Waals surface area contributed by atoms with Crippen LogP contribution in [-0.4, -0.2) is 30.4 Å². The first kappa shape index (κ1) is 14.9. The summed E-state index contributed by atoms with van der Waals surface area (Å²) < 4.78 is 14.8. The molecule has 22 heavy (non-hydrogen) atoms. The average Bonchev–Trinajstić information content (AvgIpc) is 2.88. The Labute approximate surface area is 131 Å². The predicted octanol–water partition coefficient (Wildman–Crippen LogP) is 2.71. The van der Waals surface area contributed by atoms with Gasteiger partial charge in [-0.1, -0.05) is 23.9 Å². The standard InChI is InChI=1S/C15H15FN4OS/c1-9-7-10(2)20-14(17-9)18-19-15(20)22-8-13(21)11-3-5-12(16)6-4-11/h3-7,13,21H,8H2,1-2H3/t13-/m0/s1. The van der Waals surface area contributed by atoms with Crippen molar-refractivity contribution in [2.75, 3.05) is 5.75 Å². The highest BCUT2D eigenvalue weighted by molar-refractivity contribution is 7.99. The fourth-order valence-electron chi connectivity index (χ4n) is 2.23. The van der Waals surface area contributed by atoms with Crippen LogP contribution in [0.5, 0.6) is 0 Å². The lowest BCUT2D eigenvalue weighted by Gasteiger charge is -2.10. The SMILES string of the molecule is Cc1cc(C)n2c(SC[C@H](O)c3ccc(F)cc3)nnc2n1. The molecule has 0 spiro atoms. The molecule has 1 N–H and O–H groups in total. The fourth-order valence-corrected chi connectivity index (χ4v) is 3.18. The minimum Gasteiger partial charge on any atom is -0.388 e. The van der Waals surface area contributed by atoms with Crippen molar-refractivity contribution in [2.45, 2.75) is 25.1 Å². The molecule has 5 nitrogen and oxygen atoms in total. The monoisotopic (exact) mass is 318 g/mol. The number of aromatic nitrogens is 4. The van der Waals surface area contributed by atoms with E-state index in [1.807, 2.05) is 24.3 Å². The molecule has 0 saturated carbocycles. The van der Waals surface area contributed by atoms with Crippen molar-refractivity contribution < 1.29 is 9.50 Å². The summed E-state index contributed by atoms with van der Waals surface area (Å²) >= 11 is 1.39. The van der Waals surface area contributed by atoms with Gasteiger partial charge in [0.05, 0.1) is 6.10 Å². The molecule has 0 saturated heterocycles. The molecule has 0 bridgehead atoms. The maximum atomic E-state index is 12.9. The zero-order chi connectivity index (χ0) is 15.7. The highest BCUT2D eigenvalue weighted by atomic mass is 32.2. The van der Waals surface area contributed by atoms with E-state index in [1.165, 1.54) is 23.9 Å². The molecule has 114 valence electrons. The van der Waals surface area contributed by atoms with Crippen LogP contribution in [0.2, 0.25) is 0 Å². The van der Waals surface area contributed by atoms with Crippen LogP contribution in [0.1, 0.15) is 23.1 Å². The number of benzene rings is 1. The van der Waals surface area contributed by atoms with Gasteiger partial charge in [-0.15, -0.1) is 10.2 Å². The molecule has 0 unspecified atom stereocenters. The minimum absolute atomic E-state index is 0.316. The number of hydrogen-bond donors (Lipinski definition) is 1. The largest absolute Gasteiger partial charge is 0.388 e. The minimum atomic E-state index is -0.698. The van der Waals surface area contributed by atoms with Crippen LogP contribution >= 0.6 is 11.8 Å². The van der Waals surface area contributed by atoms with E-state index in [9.17, 15) is 9.50 Å². The quantitative estimate of drug-likeness (QED) is 0.749. The summed E-state index contributed by atoms with van der Waals surface area (Å²) in [5, 5.41) is 19.0. The molecule has 0 fully saturated rings. The van der Waals surface area contributed by atoms with Crippen molar-refractivity contribution in [3.8, 4) is 0 Å². The first-order chi connectivity index (χ1) is 10.5. The topological polar surface area (TPSA) is 63.3 Å². The molecule has 0 aliphatic carbocycles. The van der Waals surface area contributed by atoms with Crippen LogP contribution in [0.25, 0.3) is 5.78 Å². The van der Waals surface area contributed by atoms with E-state index in [0.29, 0.717) is 22.3 Å². The molecule has 2 heterocycles. The number of fused-ring (bicyclic) bond motifs is 1. The van der Waals surface area contributed by atoms with Gasteiger partial charge >= 0.3 is 0 Å². The summed E-state index contributed by atoms with van der Waals surface area (Å²) in [5.41, 5.74) is 2.56. The summed E-state index contributed by atoms with van der Waals surface area (Å²) in [7, 11) is 0. The molecule has 0 aliphatic rings. The summed E-state index contributed by atoms with van der Waals surface area (Å²) in [6, 6.07) is 7.80. The fraction of sp³-hybridized carbons (Fsp3) is 0.267. The highest BCUT2D eigenvalue weighted by Gasteiger charge is 2.14.